The minimum absolute atomic E-state index is 0.0312. The summed E-state index contributed by atoms with van der Waals surface area (Å²) in [4.78, 5) is 11.5. The highest BCUT2D eigenvalue weighted by molar-refractivity contribution is 7.89. The highest BCUT2D eigenvalue weighted by Gasteiger charge is 2.35. The molecule has 1 aliphatic heterocycles. The first-order chi connectivity index (χ1) is 16.7. The number of aromatic nitrogens is 1. The summed E-state index contributed by atoms with van der Waals surface area (Å²) in [5.41, 5.74) is 2.00. The van der Waals surface area contributed by atoms with Gasteiger partial charge in [0.25, 0.3) is 10.0 Å². The second kappa shape index (κ2) is 8.31. The van der Waals surface area contributed by atoms with Crippen LogP contribution in [0.25, 0.3) is 10.9 Å². The van der Waals surface area contributed by atoms with Crippen LogP contribution in [0, 0.1) is 18.6 Å². The number of fused-ring (bicyclic) bond motifs is 2. The van der Waals surface area contributed by atoms with E-state index in [0.717, 1.165) is 4.41 Å². The molecule has 0 radical (unpaired) electrons. The smallest absolute Gasteiger partial charge is 0.323 e. The van der Waals surface area contributed by atoms with Gasteiger partial charge in [0, 0.05) is 33.3 Å². The number of halogens is 2. The topological polar surface area (TPSA) is 92.0 Å². The third-order valence-electron chi connectivity index (χ3n) is 5.99. The summed E-state index contributed by atoms with van der Waals surface area (Å²) in [7, 11) is -4.12. The van der Waals surface area contributed by atoms with Gasteiger partial charge in [0.05, 0.1) is 11.4 Å². The molecule has 0 aliphatic carbocycles. The predicted molar refractivity (Wildman–Crippen MR) is 125 cm³/mol. The van der Waals surface area contributed by atoms with Crippen molar-refractivity contribution >= 4 is 32.6 Å². The van der Waals surface area contributed by atoms with Gasteiger partial charge in [0.2, 0.25) is 0 Å². The van der Waals surface area contributed by atoms with Crippen LogP contribution in [0.15, 0.2) is 76.7 Å². The van der Waals surface area contributed by atoms with E-state index in [0.29, 0.717) is 27.7 Å². The quantitative estimate of drug-likeness (QED) is 0.448. The number of sulfonamides is 1. The lowest BCUT2D eigenvalue weighted by atomic mass is 9.99. The Morgan fingerprint density at radius 2 is 1.74 bits per heavy atom. The second-order valence-electron chi connectivity index (χ2n) is 8.12. The molecule has 0 fully saturated rings. The van der Waals surface area contributed by atoms with Crippen LogP contribution >= 0.6 is 0 Å². The fourth-order valence-corrected chi connectivity index (χ4v) is 5.81. The number of carboxylic acids is 1. The minimum Gasteiger partial charge on any atom is -0.480 e. The Bertz CT molecular complexity index is 1640. The third kappa shape index (κ3) is 3.75. The van der Waals surface area contributed by atoms with Gasteiger partial charge in [-0.2, -0.15) is 17.9 Å². The van der Waals surface area contributed by atoms with Crippen molar-refractivity contribution in [3.8, 4) is 0 Å². The Hall–Kier alpha value is -4.05. The van der Waals surface area contributed by atoms with Crippen molar-refractivity contribution in [2.75, 3.05) is 0 Å². The molecule has 1 N–H and O–H groups in total. The first kappa shape index (κ1) is 22.7. The van der Waals surface area contributed by atoms with Crippen molar-refractivity contribution in [2.24, 2.45) is 5.10 Å². The first-order valence-electron chi connectivity index (χ1n) is 10.6. The van der Waals surface area contributed by atoms with E-state index in [4.69, 9.17) is 0 Å². The van der Waals surface area contributed by atoms with Crippen molar-refractivity contribution in [2.45, 2.75) is 24.9 Å². The number of rotatable bonds is 5. The summed E-state index contributed by atoms with van der Waals surface area (Å²) in [6, 6.07) is 16.0. The standard InChI is InChI=1S/C25H19F2N3O4S/c1-15-24(19-12-17(26)10-11-21(19)29(15)14-23(31)32)25-18-7-3-5-9-22(18)35(33,34)30(28-25)13-16-6-2-4-8-20(16)27/h2-12H,13-14H2,1H3,(H,31,32). The fraction of sp³-hybridized carbons (Fsp3) is 0.120. The summed E-state index contributed by atoms with van der Waals surface area (Å²) < 4.78 is 57.8. The number of carbonyl (C=O) groups is 1. The molecular formula is C25H19F2N3O4S. The molecule has 2 heterocycles. The van der Waals surface area contributed by atoms with E-state index in [2.05, 4.69) is 5.10 Å². The lowest BCUT2D eigenvalue weighted by Crippen LogP contribution is -2.33. The van der Waals surface area contributed by atoms with Crippen LogP contribution in [0.2, 0.25) is 0 Å². The van der Waals surface area contributed by atoms with Gasteiger partial charge >= 0.3 is 5.97 Å². The molecule has 10 heteroatoms. The number of nitrogens with zero attached hydrogens (tertiary/aromatic N) is 3. The van der Waals surface area contributed by atoms with Gasteiger partial charge < -0.3 is 9.67 Å². The van der Waals surface area contributed by atoms with Crippen LogP contribution in [0.1, 0.15) is 22.4 Å². The molecule has 7 nitrogen and oxygen atoms in total. The molecule has 0 bridgehead atoms. The van der Waals surface area contributed by atoms with Crippen LogP contribution in [-0.2, 0) is 27.9 Å². The summed E-state index contributed by atoms with van der Waals surface area (Å²) in [5.74, 6) is -2.20. The van der Waals surface area contributed by atoms with Gasteiger partial charge in [-0.1, -0.05) is 36.4 Å². The van der Waals surface area contributed by atoms with Crippen molar-refractivity contribution in [1.29, 1.82) is 0 Å². The highest BCUT2D eigenvalue weighted by atomic mass is 32.2. The maximum atomic E-state index is 14.4. The number of hydrogen-bond donors (Lipinski definition) is 1. The maximum absolute atomic E-state index is 14.4. The lowest BCUT2D eigenvalue weighted by molar-refractivity contribution is -0.137. The molecule has 3 aromatic carbocycles. The molecule has 0 spiro atoms. The second-order valence-corrected chi connectivity index (χ2v) is 9.93. The molecule has 4 aromatic rings. The van der Waals surface area contributed by atoms with Crippen molar-refractivity contribution < 1.29 is 27.1 Å². The Kier molecular flexibility index (Phi) is 5.40. The van der Waals surface area contributed by atoms with E-state index in [-0.39, 0.29) is 29.3 Å². The highest BCUT2D eigenvalue weighted by Crippen LogP contribution is 2.35. The van der Waals surface area contributed by atoms with Gasteiger partial charge in [0.15, 0.2) is 0 Å². The van der Waals surface area contributed by atoms with Crippen LogP contribution in [0.3, 0.4) is 0 Å². The van der Waals surface area contributed by atoms with E-state index >= 15 is 0 Å². The number of hydrogen-bond acceptors (Lipinski definition) is 4. The van der Waals surface area contributed by atoms with E-state index in [1.54, 1.807) is 31.2 Å². The molecule has 178 valence electrons. The Balaban J connectivity index is 1.79. The van der Waals surface area contributed by atoms with E-state index < -0.39 is 27.6 Å². The van der Waals surface area contributed by atoms with Crippen LogP contribution in [-0.4, -0.2) is 34.2 Å². The molecule has 0 saturated carbocycles. The van der Waals surface area contributed by atoms with Crippen LogP contribution in [0.4, 0.5) is 8.78 Å². The fourth-order valence-electron chi connectivity index (χ4n) is 4.39. The lowest BCUT2D eigenvalue weighted by Gasteiger charge is -2.27. The zero-order valence-electron chi connectivity index (χ0n) is 18.4. The maximum Gasteiger partial charge on any atom is 0.323 e. The van der Waals surface area contributed by atoms with E-state index in [1.165, 1.54) is 47.0 Å². The molecule has 35 heavy (non-hydrogen) atoms. The normalized spacial score (nSPS) is 14.6. The van der Waals surface area contributed by atoms with Crippen LogP contribution in [0.5, 0.6) is 0 Å². The molecule has 0 saturated heterocycles. The Morgan fingerprint density at radius 3 is 2.49 bits per heavy atom. The zero-order valence-corrected chi connectivity index (χ0v) is 19.3. The van der Waals surface area contributed by atoms with Crippen molar-refractivity contribution in [3.63, 3.8) is 0 Å². The van der Waals surface area contributed by atoms with E-state index in [1.807, 2.05) is 0 Å². The largest absolute Gasteiger partial charge is 0.480 e. The molecule has 0 atom stereocenters. The number of hydrazone groups is 1. The Morgan fingerprint density at radius 1 is 1.03 bits per heavy atom. The molecule has 0 unspecified atom stereocenters. The SMILES string of the molecule is Cc1c(C2=NN(Cc3ccccc3F)S(=O)(=O)c3ccccc32)c2cc(F)ccc2n1CC(=O)O. The molecule has 1 aliphatic rings. The summed E-state index contributed by atoms with van der Waals surface area (Å²) in [6.45, 7) is 0.944. The summed E-state index contributed by atoms with van der Waals surface area (Å²) >= 11 is 0. The number of benzene rings is 3. The molecule has 0 amide bonds. The Labute approximate surface area is 199 Å². The van der Waals surface area contributed by atoms with Crippen LogP contribution < -0.4 is 0 Å². The van der Waals surface area contributed by atoms with E-state index in [9.17, 15) is 27.1 Å². The molecule has 1 aromatic heterocycles. The minimum atomic E-state index is -4.12. The molecular weight excluding hydrogens is 476 g/mol. The van der Waals surface area contributed by atoms with Gasteiger partial charge in [0.1, 0.15) is 23.9 Å². The number of carboxylic acid groups (broad SMARTS) is 1. The zero-order chi connectivity index (χ0) is 24.9. The first-order valence-corrected chi connectivity index (χ1v) is 12.1. The van der Waals surface area contributed by atoms with Crippen molar-refractivity contribution in [1.82, 2.24) is 8.98 Å². The average molecular weight is 496 g/mol. The summed E-state index contributed by atoms with van der Waals surface area (Å²) in [6.07, 6.45) is 0. The van der Waals surface area contributed by atoms with Gasteiger partial charge in [-0.15, -0.1) is 0 Å². The number of aliphatic carboxylic acids is 1. The average Bonchev–Trinajstić information content (AvgIpc) is 3.07. The monoisotopic (exact) mass is 495 g/mol. The predicted octanol–water partition coefficient (Wildman–Crippen LogP) is 4.27. The summed E-state index contributed by atoms with van der Waals surface area (Å²) in [5, 5.41) is 14.3. The molecule has 5 rings (SSSR count). The van der Waals surface area contributed by atoms with Gasteiger partial charge in [-0.25, -0.2) is 8.78 Å². The third-order valence-corrected chi connectivity index (χ3v) is 7.67. The van der Waals surface area contributed by atoms with Gasteiger partial charge in [-0.05, 0) is 37.3 Å². The van der Waals surface area contributed by atoms with Crippen molar-refractivity contribution in [3.05, 3.63) is 101 Å². The van der Waals surface area contributed by atoms with Gasteiger partial charge in [-0.3, -0.25) is 4.79 Å².